The fourth-order valence-corrected chi connectivity index (χ4v) is 1.30. The first-order chi connectivity index (χ1) is 7.06. The van der Waals surface area contributed by atoms with Crippen molar-refractivity contribution in [3.05, 3.63) is 22.7 Å². The smallest absolute Gasteiger partial charge is 0.252 e. The molecular weight excluding hydrogens is 218 g/mol. The van der Waals surface area contributed by atoms with Crippen molar-refractivity contribution in [1.82, 2.24) is 5.32 Å². The average Bonchev–Trinajstić information content (AvgIpc) is 2.20. The maximum Gasteiger partial charge on any atom is 0.252 e. The molecule has 0 fully saturated rings. The van der Waals surface area contributed by atoms with Crippen molar-refractivity contribution in [3.8, 4) is 11.5 Å². The molecule has 0 aliphatic heterocycles. The first kappa shape index (κ1) is 11.7. The lowest BCUT2D eigenvalue weighted by Gasteiger charge is -2.06. The number of phenols is 2. The monoisotopic (exact) mass is 229 g/mol. The Kier molecular flexibility index (Phi) is 3.80. The van der Waals surface area contributed by atoms with E-state index in [1.807, 2.05) is 6.92 Å². The summed E-state index contributed by atoms with van der Waals surface area (Å²) in [7, 11) is 0. The summed E-state index contributed by atoms with van der Waals surface area (Å²) in [6.45, 7) is 2.47. The maximum atomic E-state index is 11.5. The van der Waals surface area contributed by atoms with Crippen LogP contribution in [0.15, 0.2) is 12.1 Å². The van der Waals surface area contributed by atoms with Gasteiger partial charge in [0, 0.05) is 12.6 Å². The van der Waals surface area contributed by atoms with Gasteiger partial charge in [0.25, 0.3) is 5.91 Å². The van der Waals surface area contributed by atoms with E-state index in [2.05, 4.69) is 5.32 Å². The predicted octanol–water partition coefficient (Wildman–Crippen LogP) is 1.89. The normalized spacial score (nSPS) is 10.0. The van der Waals surface area contributed by atoms with E-state index in [1.165, 1.54) is 0 Å². The second-order valence-corrected chi connectivity index (χ2v) is 3.48. The number of benzene rings is 1. The van der Waals surface area contributed by atoms with Gasteiger partial charge < -0.3 is 15.5 Å². The van der Waals surface area contributed by atoms with E-state index in [0.29, 0.717) is 6.54 Å². The van der Waals surface area contributed by atoms with Gasteiger partial charge in [0.05, 0.1) is 10.6 Å². The highest BCUT2D eigenvalue weighted by atomic mass is 35.5. The van der Waals surface area contributed by atoms with Crippen LogP contribution in [0.3, 0.4) is 0 Å². The SMILES string of the molecule is CCCNC(=O)c1cc(O)c(O)cc1Cl. The number of halogens is 1. The van der Waals surface area contributed by atoms with E-state index in [0.717, 1.165) is 18.6 Å². The molecule has 0 atom stereocenters. The van der Waals surface area contributed by atoms with E-state index in [4.69, 9.17) is 16.7 Å². The van der Waals surface area contributed by atoms with Crippen molar-refractivity contribution >= 4 is 17.5 Å². The third kappa shape index (κ3) is 2.76. The molecule has 0 aliphatic rings. The van der Waals surface area contributed by atoms with Crippen LogP contribution in [0.4, 0.5) is 0 Å². The third-order valence-electron chi connectivity index (χ3n) is 1.84. The molecule has 0 saturated carbocycles. The highest BCUT2D eigenvalue weighted by molar-refractivity contribution is 6.34. The zero-order chi connectivity index (χ0) is 11.4. The van der Waals surface area contributed by atoms with Gasteiger partial charge in [0.15, 0.2) is 11.5 Å². The van der Waals surface area contributed by atoms with Crippen molar-refractivity contribution in [2.45, 2.75) is 13.3 Å². The molecule has 4 nitrogen and oxygen atoms in total. The Bertz CT molecular complexity index is 379. The van der Waals surface area contributed by atoms with Gasteiger partial charge in [-0.15, -0.1) is 0 Å². The molecule has 5 heteroatoms. The average molecular weight is 230 g/mol. The zero-order valence-corrected chi connectivity index (χ0v) is 9.01. The van der Waals surface area contributed by atoms with Gasteiger partial charge in [0.1, 0.15) is 0 Å². The van der Waals surface area contributed by atoms with Crippen LogP contribution in [0.25, 0.3) is 0 Å². The highest BCUT2D eigenvalue weighted by Gasteiger charge is 2.13. The first-order valence-corrected chi connectivity index (χ1v) is 4.93. The van der Waals surface area contributed by atoms with E-state index in [1.54, 1.807) is 0 Å². The quantitative estimate of drug-likeness (QED) is 0.694. The topological polar surface area (TPSA) is 69.6 Å². The molecule has 82 valence electrons. The van der Waals surface area contributed by atoms with Crippen LogP contribution in [0.2, 0.25) is 5.02 Å². The van der Waals surface area contributed by atoms with Crippen LogP contribution in [-0.4, -0.2) is 22.7 Å². The molecule has 0 aromatic heterocycles. The summed E-state index contributed by atoms with van der Waals surface area (Å²) in [4.78, 5) is 11.5. The standard InChI is InChI=1S/C10H12ClNO3/c1-2-3-12-10(15)6-4-8(13)9(14)5-7(6)11/h4-5,13-14H,2-3H2,1H3,(H,12,15). The fraction of sp³-hybridized carbons (Fsp3) is 0.300. The molecule has 0 bridgehead atoms. The molecule has 0 saturated heterocycles. The van der Waals surface area contributed by atoms with Gasteiger partial charge in [-0.2, -0.15) is 0 Å². The highest BCUT2D eigenvalue weighted by Crippen LogP contribution is 2.30. The van der Waals surface area contributed by atoms with E-state index in [9.17, 15) is 9.90 Å². The number of hydrogen-bond donors (Lipinski definition) is 3. The van der Waals surface area contributed by atoms with E-state index >= 15 is 0 Å². The van der Waals surface area contributed by atoms with Crippen LogP contribution < -0.4 is 5.32 Å². The summed E-state index contributed by atoms with van der Waals surface area (Å²) in [5.41, 5.74) is 0.153. The maximum absolute atomic E-state index is 11.5. The second kappa shape index (κ2) is 4.89. The number of carbonyl (C=O) groups is 1. The number of rotatable bonds is 3. The van der Waals surface area contributed by atoms with Crippen LogP contribution in [0, 0.1) is 0 Å². The molecule has 1 aromatic rings. The molecule has 3 N–H and O–H groups in total. The summed E-state index contributed by atoms with van der Waals surface area (Å²) in [6, 6.07) is 2.28. The van der Waals surface area contributed by atoms with Gasteiger partial charge in [-0.25, -0.2) is 0 Å². The van der Waals surface area contributed by atoms with Crippen LogP contribution in [-0.2, 0) is 0 Å². The van der Waals surface area contributed by atoms with Crippen molar-refractivity contribution in [2.75, 3.05) is 6.54 Å². The predicted molar refractivity (Wildman–Crippen MR) is 57.4 cm³/mol. The van der Waals surface area contributed by atoms with Gasteiger partial charge in [0.2, 0.25) is 0 Å². The molecule has 1 amide bonds. The Balaban J connectivity index is 2.94. The van der Waals surface area contributed by atoms with Gasteiger partial charge >= 0.3 is 0 Å². The number of phenolic OH excluding ortho intramolecular Hbond substituents is 2. The van der Waals surface area contributed by atoms with Crippen molar-refractivity contribution in [3.63, 3.8) is 0 Å². The molecule has 1 aromatic carbocycles. The third-order valence-corrected chi connectivity index (χ3v) is 2.16. The molecule has 0 heterocycles. The largest absolute Gasteiger partial charge is 0.504 e. The Morgan fingerprint density at radius 1 is 1.40 bits per heavy atom. The van der Waals surface area contributed by atoms with Crippen molar-refractivity contribution in [2.24, 2.45) is 0 Å². The Hall–Kier alpha value is -1.42. The number of nitrogens with one attached hydrogen (secondary N) is 1. The molecule has 1 rings (SSSR count). The lowest BCUT2D eigenvalue weighted by atomic mass is 10.2. The van der Waals surface area contributed by atoms with Crippen LogP contribution >= 0.6 is 11.6 Å². The minimum Gasteiger partial charge on any atom is -0.504 e. The molecular formula is C10H12ClNO3. The molecule has 15 heavy (non-hydrogen) atoms. The zero-order valence-electron chi connectivity index (χ0n) is 8.25. The number of hydrogen-bond acceptors (Lipinski definition) is 3. The summed E-state index contributed by atoms with van der Waals surface area (Å²) < 4.78 is 0. The lowest BCUT2D eigenvalue weighted by molar-refractivity contribution is 0.0953. The van der Waals surface area contributed by atoms with Gasteiger partial charge in [-0.1, -0.05) is 18.5 Å². The number of aromatic hydroxyl groups is 2. The van der Waals surface area contributed by atoms with Gasteiger partial charge in [-0.3, -0.25) is 4.79 Å². The number of amides is 1. The second-order valence-electron chi connectivity index (χ2n) is 3.08. The Morgan fingerprint density at radius 2 is 2.00 bits per heavy atom. The minimum absolute atomic E-state index is 0.110. The number of carbonyl (C=O) groups excluding carboxylic acids is 1. The summed E-state index contributed by atoms with van der Waals surface area (Å²) >= 11 is 5.74. The van der Waals surface area contributed by atoms with Crippen LogP contribution in [0.1, 0.15) is 23.7 Å². The summed E-state index contributed by atoms with van der Waals surface area (Å²) in [5, 5.41) is 21.1. The fourth-order valence-electron chi connectivity index (χ4n) is 1.06. The van der Waals surface area contributed by atoms with Crippen LogP contribution in [0.5, 0.6) is 11.5 Å². The summed E-state index contributed by atoms with van der Waals surface area (Å²) in [6.07, 6.45) is 0.813. The Labute approximate surface area is 92.5 Å². The summed E-state index contributed by atoms with van der Waals surface area (Å²) in [5.74, 6) is -1.06. The Morgan fingerprint density at radius 3 is 2.60 bits per heavy atom. The molecule has 0 radical (unpaired) electrons. The first-order valence-electron chi connectivity index (χ1n) is 4.56. The molecule has 0 aliphatic carbocycles. The molecule has 0 spiro atoms. The molecule has 0 unspecified atom stereocenters. The van der Waals surface area contributed by atoms with Crippen molar-refractivity contribution in [1.29, 1.82) is 0 Å². The van der Waals surface area contributed by atoms with E-state index < -0.39 is 0 Å². The van der Waals surface area contributed by atoms with Crippen molar-refractivity contribution < 1.29 is 15.0 Å². The minimum atomic E-state index is -0.364. The van der Waals surface area contributed by atoms with E-state index in [-0.39, 0.29) is 28.0 Å². The lowest BCUT2D eigenvalue weighted by Crippen LogP contribution is -2.24. The van der Waals surface area contributed by atoms with Gasteiger partial charge in [-0.05, 0) is 12.5 Å².